The maximum absolute atomic E-state index is 13.6. The summed E-state index contributed by atoms with van der Waals surface area (Å²) in [5.74, 6) is 0.256. The first-order valence-electron chi connectivity index (χ1n) is 9.77. The van der Waals surface area contributed by atoms with Gasteiger partial charge in [0, 0.05) is 44.0 Å². The number of hydrogen-bond acceptors (Lipinski definition) is 3. The molecular formula is C25H16Cl2FN3S. The van der Waals surface area contributed by atoms with E-state index in [1.54, 1.807) is 36.2 Å². The highest BCUT2D eigenvalue weighted by Crippen LogP contribution is 2.35. The summed E-state index contributed by atoms with van der Waals surface area (Å²) >= 11 is 14.1. The molecule has 0 spiro atoms. The molecule has 0 bridgehead atoms. The highest BCUT2D eigenvalue weighted by Gasteiger charge is 2.18. The predicted molar refractivity (Wildman–Crippen MR) is 131 cm³/mol. The molecule has 0 amide bonds. The lowest BCUT2D eigenvalue weighted by molar-refractivity contribution is 0.628. The zero-order chi connectivity index (χ0) is 22.2. The molecule has 2 heterocycles. The first-order chi connectivity index (χ1) is 15.5. The lowest BCUT2D eigenvalue weighted by Gasteiger charge is -2.09. The van der Waals surface area contributed by atoms with Crippen LogP contribution in [0.4, 0.5) is 4.39 Å². The minimum absolute atomic E-state index is 0.290. The summed E-state index contributed by atoms with van der Waals surface area (Å²) in [6.07, 6.45) is 5.76. The molecule has 3 nitrogen and oxygen atoms in total. The van der Waals surface area contributed by atoms with E-state index in [0.29, 0.717) is 15.8 Å². The van der Waals surface area contributed by atoms with Crippen LogP contribution in [0, 0.1) is 5.82 Å². The molecule has 0 fully saturated rings. The summed E-state index contributed by atoms with van der Waals surface area (Å²) in [6.45, 7) is 0. The molecule has 0 saturated heterocycles. The van der Waals surface area contributed by atoms with Crippen LogP contribution in [0.1, 0.15) is 0 Å². The van der Waals surface area contributed by atoms with E-state index in [2.05, 4.69) is 29.2 Å². The van der Waals surface area contributed by atoms with Crippen LogP contribution < -0.4 is 0 Å². The average molecular weight is 480 g/mol. The number of hydrogen-bond donors (Lipinski definition) is 0. The number of imidazole rings is 1. The fraction of sp³-hybridized carbons (Fsp3) is 0.0400. The number of thioether (sulfide) groups is 1. The van der Waals surface area contributed by atoms with Gasteiger partial charge in [-0.1, -0.05) is 35.3 Å². The summed E-state index contributed by atoms with van der Waals surface area (Å²) in [4.78, 5) is 10.5. The minimum Gasteiger partial charge on any atom is -0.282 e. The first kappa shape index (κ1) is 21.0. The Kier molecular flexibility index (Phi) is 5.64. The summed E-state index contributed by atoms with van der Waals surface area (Å²) < 4.78 is 15.5. The van der Waals surface area contributed by atoms with Crippen LogP contribution in [0.2, 0.25) is 10.0 Å². The van der Waals surface area contributed by atoms with Gasteiger partial charge in [-0.05, 0) is 66.4 Å². The van der Waals surface area contributed by atoms with Crippen LogP contribution in [-0.2, 0) is 0 Å². The summed E-state index contributed by atoms with van der Waals surface area (Å²) in [5, 5.41) is 1.11. The Hall–Kier alpha value is -2.86. The van der Waals surface area contributed by atoms with Crippen molar-refractivity contribution in [2.75, 3.05) is 6.26 Å². The van der Waals surface area contributed by atoms with Gasteiger partial charge in [0.1, 0.15) is 5.82 Å². The van der Waals surface area contributed by atoms with Gasteiger partial charge in [-0.25, -0.2) is 14.4 Å². The van der Waals surface area contributed by atoms with Crippen molar-refractivity contribution in [3.05, 3.63) is 95.0 Å². The number of rotatable bonds is 4. The number of halogens is 3. The van der Waals surface area contributed by atoms with Crippen LogP contribution in [0.15, 0.2) is 84.0 Å². The number of benzene rings is 3. The van der Waals surface area contributed by atoms with Crippen molar-refractivity contribution >= 4 is 40.7 Å². The Morgan fingerprint density at radius 2 is 1.47 bits per heavy atom. The Morgan fingerprint density at radius 3 is 2.12 bits per heavy atom. The van der Waals surface area contributed by atoms with Gasteiger partial charge in [0.25, 0.3) is 0 Å². The van der Waals surface area contributed by atoms with E-state index >= 15 is 0 Å². The standard InChI is InChI=1S/C25H16Cl2FN3S/c1-32-22-8-4-16(5-9-22)24-23(15-2-6-21(28)7-3-15)30-25-29-13-18(14-31(24)25)17-10-19(26)12-20(27)11-17/h2-14H,1H3. The summed E-state index contributed by atoms with van der Waals surface area (Å²) in [7, 11) is 0. The molecule has 0 unspecified atom stereocenters. The van der Waals surface area contributed by atoms with Gasteiger partial charge in [-0.3, -0.25) is 4.40 Å². The topological polar surface area (TPSA) is 30.2 Å². The molecule has 0 aliphatic rings. The molecular weight excluding hydrogens is 464 g/mol. The van der Waals surface area contributed by atoms with E-state index in [-0.39, 0.29) is 5.82 Å². The quantitative estimate of drug-likeness (QED) is 0.245. The van der Waals surface area contributed by atoms with E-state index in [1.807, 2.05) is 29.0 Å². The SMILES string of the molecule is CSc1ccc(-c2c(-c3ccc(F)cc3)nc3ncc(-c4cc(Cl)cc(Cl)c4)cn23)cc1. The minimum atomic E-state index is -0.290. The van der Waals surface area contributed by atoms with Gasteiger partial charge in [0.2, 0.25) is 5.78 Å². The second-order valence-electron chi connectivity index (χ2n) is 7.22. The largest absolute Gasteiger partial charge is 0.282 e. The average Bonchev–Trinajstić information content (AvgIpc) is 3.17. The molecule has 5 rings (SSSR count). The van der Waals surface area contributed by atoms with Gasteiger partial charge < -0.3 is 0 Å². The van der Waals surface area contributed by atoms with Gasteiger partial charge in [0.15, 0.2) is 0 Å². The van der Waals surface area contributed by atoms with E-state index in [4.69, 9.17) is 28.2 Å². The monoisotopic (exact) mass is 479 g/mol. The van der Waals surface area contributed by atoms with Crippen molar-refractivity contribution in [1.29, 1.82) is 0 Å². The van der Waals surface area contributed by atoms with E-state index < -0.39 is 0 Å². The van der Waals surface area contributed by atoms with E-state index in [1.165, 1.54) is 17.0 Å². The third-order valence-electron chi connectivity index (χ3n) is 5.16. The molecule has 3 aromatic carbocycles. The van der Waals surface area contributed by atoms with Crippen molar-refractivity contribution in [1.82, 2.24) is 14.4 Å². The van der Waals surface area contributed by atoms with Crippen molar-refractivity contribution in [2.24, 2.45) is 0 Å². The molecule has 2 aromatic heterocycles. The zero-order valence-electron chi connectivity index (χ0n) is 16.9. The van der Waals surface area contributed by atoms with Crippen LogP contribution in [0.25, 0.3) is 39.4 Å². The molecule has 7 heteroatoms. The van der Waals surface area contributed by atoms with E-state index in [9.17, 15) is 4.39 Å². The smallest absolute Gasteiger partial charge is 0.234 e. The fourth-order valence-corrected chi connectivity index (χ4v) is 4.57. The van der Waals surface area contributed by atoms with Crippen LogP contribution in [0.3, 0.4) is 0 Å². The Labute approximate surface area is 198 Å². The highest BCUT2D eigenvalue weighted by molar-refractivity contribution is 7.98. The van der Waals surface area contributed by atoms with Crippen LogP contribution in [0.5, 0.6) is 0 Å². The Morgan fingerprint density at radius 1 is 0.812 bits per heavy atom. The number of nitrogens with zero attached hydrogens (tertiary/aromatic N) is 3. The third-order valence-corrected chi connectivity index (χ3v) is 6.34. The van der Waals surface area contributed by atoms with E-state index in [0.717, 1.165) is 33.6 Å². The van der Waals surface area contributed by atoms with Gasteiger partial charge in [-0.15, -0.1) is 11.8 Å². The van der Waals surface area contributed by atoms with Crippen molar-refractivity contribution in [2.45, 2.75) is 4.90 Å². The van der Waals surface area contributed by atoms with Crippen molar-refractivity contribution in [3.8, 4) is 33.6 Å². The van der Waals surface area contributed by atoms with Crippen LogP contribution in [-0.4, -0.2) is 20.6 Å². The predicted octanol–water partition coefficient (Wildman–Crippen LogP) is 7.90. The Bertz CT molecular complexity index is 1410. The molecule has 158 valence electrons. The second-order valence-corrected chi connectivity index (χ2v) is 8.97. The maximum Gasteiger partial charge on any atom is 0.234 e. The molecule has 0 aliphatic carbocycles. The van der Waals surface area contributed by atoms with Gasteiger partial charge >= 0.3 is 0 Å². The molecule has 0 saturated carbocycles. The summed E-state index contributed by atoms with van der Waals surface area (Å²) in [6, 6.07) is 20.0. The normalized spacial score (nSPS) is 11.2. The van der Waals surface area contributed by atoms with Crippen molar-refractivity contribution in [3.63, 3.8) is 0 Å². The molecule has 0 radical (unpaired) electrons. The van der Waals surface area contributed by atoms with Crippen molar-refractivity contribution < 1.29 is 4.39 Å². The molecule has 32 heavy (non-hydrogen) atoms. The molecule has 0 aliphatic heterocycles. The maximum atomic E-state index is 13.6. The second kappa shape index (κ2) is 8.58. The molecule has 0 N–H and O–H groups in total. The van der Waals surface area contributed by atoms with Crippen LogP contribution >= 0.6 is 35.0 Å². The lowest BCUT2D eigenvalue weighted by Crippen LogP contribution is -1.93. The molecule has 5 aromatic rings. The zero-order valence-corrected chi connectivity index (χ0v) is 19.2. The number of fused-ring (bicyclic) bond motifs is 1. The van der Waals surface area contributed by atoms with Gasteiger partial charge in [0.05, 0.1) is 11.4 Å². The lowest BCUT2D eigenvalue weighted by atomic mass is 10.0. The first-order valence-corrected chi connectivity index (χ1v) is 11.7. The highest BCUT2D eigenvalue weighted by atomic mass is 35.5. The van der Waals surface area contributed by atoms with Gasteiger partial charge in [-0.2, -0.15) is 0 Å². The fourth-order valence-electron chi connectivity index (χ4n) is 3.64. The molecule has 0 atom stereocenters. The Balaban J connectivity index is 1.76. The third kappa shape index (κ3) is 3.99. The summed E-state index contributed by atoms with van der Waals surface area (Å²) in [5.41, 5.74) is 5.12. The number of aromatic nitrogens is 3.